The summed E-state index contributed by atoms with van der Waals surface area (Å²) >= 11 is 0. The standard InChI is InChI=1S/C21H18NO2/c1-11-7-15-9-12(2)13(3)17-18(15)16(8-11)24-21-19(17)22(4)10-14-5-6-23-20(14)21/h5-10H,1-4H3/q+1. The van der Waals surface area contributed by atoms with Gasteiger partial charge in [0.25, 0.3) is 5.69 Å². The minimum atomic E-state index is 0.810. The van der Waals surface area contributed by atoms with Crippen molar-refractivity contribution in [2.75, 3.05) is 0 Å². The normalized spacial score (nSPS) is 12.5. The Bertz CT molecular complexity index is 1170. The van der Waals surface area contributed by atoms with Gasteiger partial charge in [-0.25, -0.2) is 0 Å². The molecular weight excluding hydrogens is 298 g/mol. The van der Waals surface area contributed by atoms with Gasteiger partial charge in [0.1, 0.15) is 12.8 Å². The van der Waals surface area contributed by atoms with Gasteiger partial charge in [-0.15, -0.1) is 0 Å². The summed E-state index contributed by atoms with van der Waals surface area (Å²) in [5, 5.41) is 3.47. The van der Waals surface area contributed by atoms with Crippen LogP contribution < -0.4 is 9.30 Å². The van der Waals surface area contributed by atoms with Crippen LogP contribution >= 0.6 is 0 Å². The monoisotopic (exact) mass is 316 g/mol. The molecule has 3 heterocycles. The molecule has 118 valence electrons. The van der Waals surface area contributed by atoms with E-state index < -0.39 is 0 Å². The van der Waals surface area contributed by atoms with Gasteiger partial charge in [-0.3, -0.25) is 0 Å². The fourth-order valence-corrected chi connectivity index (χ4v) is 3.91. The van der Waals surface area contributed by atoms with Crippen LogP contribution in [0.2, 0.25) is 0 Å². The first-order valence-corrected chi connectivity index (χ1v) is 8.17. The Kier molecular flexibility index (Phi) is 2.49. The third kappa shape index (κ3) is 1.59. The van der Waals surface area contributed by atoms with E-state index in [0.29, 0.717) is 0 Å². The second-order valence-electron chi connectivity index (χ2n) is 6.78. The SMILES string of the molecule is Cc1cc2c3c(c(C)c(C)cc3c1)-c1c(c3occc3c[n+]1C)O2. The van der Waals surface area contributed by atoms with Crippen LogP contribution in [0.1, 0.15) is 16.7 Å². The van der Waals surface area contributed by atoms with Crippen LogP contribution in [0.5, 0.6) is 11.5 Å². The second-order valence-corrected chi connectivity index (χ2v) is 6.78. The Labute approximate surface area is 140 Å². The summed E-state index contributed by atoms with van der Waals surface area (Å²) in [7, 11) is 2.07. The van der Waals surface area contributed by atoms with Crippen molar-refractivity contribution >= 4 is 21.7 Å². The number of fused-ring (bicyclic) bond motifs is 4. The van der Waals surface area contributed by atoms with E-state index in [-0.39, 0.29) is 0 Å². The van der Waals surface area contributed by atoms with Crippen molar-refractivity contribution < 1.29 is 13.7 Å². The molecule has 2 aromatic carbocycles. The van der Waals surface area contributed by atoms with Crippen molar-refractivity contribution in [1.29, 1.82) is 0 Å². The van der Waals surface area contributed by atoms with Crippen molar-refractivity contribution in [2.24, 2.45) is 7.05 Å². The van der Waals surface area contributed by atoms with Crippen molar-refractivity contribution in [3.63, 3.8) is 0 Å². The van der Waals surface area contributed by atoms with Gasteiger partial charge < -0.3 is 9.15 Å². The van der Waals surface area contributed by atoms with Gasteiger partial charge in [0.15, 0.2) is 11.8 Å². The number of furan rings is 1. The zero-order chi connectivity index (χ0) is 16.6. The number of ether oxygens (including phenoxy) is 1. The van der Waals surface area contributed by atoms with E-state index >= 15 is 0 Å². The maximum Gasteiger partial charge on any atom is 0.260 e. The highest BCUT2D eigenvalue weighted by molar-refractivity contribution is 6.06. The van der Waals surface area contributed by atoms with Crippen LogP contribution in [0.25, 0.3) is 33.0 Å². The molecule has 0 amide bonds. The van der Waals surface area contributed by atoms with E-state index in [4.69, 9.17) is 9.15 Å². The topological polar surface area (TPSA) is 26.2 Å². The highest BCUT2D eigenvalue weighted by Gasteiger charge is 2.33. The van der Waals surface area contributed by atoms with Gasteiger partial charge in [-0.1, -0.05) is 12.1 Å². The van der Waals surface area contributed by atoms with E-state index in [1.54, 1.807) is 6.26 Å². The van der Waals surface area contributed by atoms with E-state index in [9.17, 15) is 0 Å². The van der Waals surface area contributed by atoms with Crippen molar-refractivity contribution in [1.82, 2.24) is 0 Å². The molecule has 5 rings (SSSR count). The molecule has 0 spiro atoms. The largest absolute Gasteiger partial charge is 0.460 e. The molecule has 4 aromatic rings. The number of nitrogens with zero attached hydrogens (tertiary/aromatic N) is 1. The molecule has 0 N–H and O–H groups in total. The molecule has 0 radical (unpaired) electrons. The summed E-state index contributed by atoms with van der Waals surface area (Å²) in [4.78, 5) is 0. The quantitative estimate of drug-likeness (QED) is 0.371. The van der Waals surface area contributed by atoms with Crippen LogP contribution in [0.3, 0.4) is 0 Å². The maximum atomic E-state index is 6.36. The summed E-state index contributed by atoms with van der Waals surface area (Å²) in [6.07, 6.45) is 3.83. The Balaban J connectivity index is 2.06. The Morgan fingerprint density at radius 1 is 1.00 bits per heavy atom. The number of pyridine rings is 1. The van der Waals surface area contributed by atoms with E-state index in [1.165, 1.54) is 33.0 Å². The molecule has 1 aliphatic rings. The highest BCUT2D eigenvalue weighted by atomic mass is 16.5. The molecule has 24 heavy (non-hydrogen) atoms. The first-order valence-electron chi connectivity index (χ1n) is 8.17. The van der Waals surface area contributed by atoms with Crippen LogP contribution in [0.15, 0.2) is 41.1 Å². The molecule has 0 bridgehead atoms. The van der Waals surface area contributed by atoms with Crippen LogP contribution in [-0.2, 0) is 7.05 Å². The van der Waals surface area contributed by atoms with Gasteiger partial charge in [-0.2, -0.15) is 4.57 Å². The molecule has 0 saturated carbocycles. The molecule has 3 nitrogen and oxygen atoms in total. The lowest BCUT2D eigenvalue weighted by molar-refractivity contribution is -0.659. The molecule has 2 aromatic heterocycles. The average molecular weight is 316 g/mol. The number of rotatable bonds is 0. The van der Waals surface area contributed by atoms with Crippen LogP contribution in [-0.4, -0.2) is 0 Å². The minimum Gasteiger partial charge on any atom is -0.460 e. The molecule has 0 aliphatic carbocycles. The third-order valence-corrected chi connectivity index (χ3v) is 5.12. The molecule has 1 aliphatic heterocycles. The van der Waals surface area contributed by atoms with Crippen molar-refractivity contribution in [3.8, 4) is 22.8 Å². The third-order valence-electron chi connectivity index (χ3n) is 5.12. The van der Waals surface area contributed by atoms with Gasteiger partial charge >= 0.3 is 0 Å². The molecule has 0 saturated heterocycles. The predicted molar refractivity (Wildman–Crippen MR) is 94.6 cm³/mol. The van der Waals surface area contributed by atoms with E-state index in [2.05, 4.69) is 56.8 Å². The summed E-state index contributed by atoms with van der Waals surface area (Å²) in [6, 6.07) is 8.58. The second kappa shape index (κ2) is 4.38. The number of benzene rings is 2. The lowest BCUT2D eigenvalue weighted by Crippen LogP contribution is -2.32. The van der Waals surface area contributed by atoms with E-state index in [0.717, 1.165) is 28.2 Å². The summed E-state index contributed by atoms with van der Waals surface area (Å²) in [5.41, 5.74) is 6.93. The van der Waals surface area contributed by atoms with Crippen molar-refractivity contribution in [2.45, 2.75) is 20.8 Å². The lowest BCUT2D eigenvalue weighted by atomic mass is 9.90. The highest BCUT2D eigenvalue weighted by Crippen LogP contribution is 2.49. The first kappa shape index (κ1) is 13.6. The fourth-order valence-electron chi connectivity index (χ4n) is 3.91. The Morgan fingerprint density at radius 3 is 2.67 bits per heavy atom. The molecular formula is C21H18NO2+. The average Bonchev–Trinajstić information content (AvgIpc) is 2.99. The zero-order valence-electron chi connectivity index (χ0n) is 14.2. The van der Waals surface area contributed by atoms with Gasteiger partial charge in [0.05, 0.1) is 17.2 Å². The van der Waals surface area contributed by atoms with Gasteiger partial charge in [0.2, 0.25) is 5.75 Å². The fraction of sp³-hybridized carbons (Fsp3) is 0.190. The smallest absolute Gasteiger partial charge is 0.260 e. The first-order chi connectivity index (χ1) is 11.5. The molecule has 0 atom stereocenters. The number of hydrogen-bond acceptors (Lipinski definition) is 2. The number of aryl methyl sites for hydroxylation is 3. The van der Waals surface area contributed by atoms with Crippen LogP contribution in [0, 0.1) is 20.8 Å². The minimum absolute atomic E-state index is 0.810. The molecule has 0 unspecified atom stereocenters. The summed E-state index contributed by atoms with van der Waals surface area (Å²) in [6.45, 7) is 6.47. The Hall–Kier alpha value is -2.81. The lowest BCUT2D eigenvalue weighted by Gasteiger charge is -2.22. The summed E-state index contributed by atoms with van der Waals surface area (Å²) < 4.78 is 14.3. The predicted octanol–water partition coefficient (Wildman–Crippen LogP) is 5.11. The molecule has 3 heteroatoms. The number of hydrogen-bond donors (Lipinski definition) is 0. The van der Waals surface area contributed by atoms with Crippen molar-refractivity contribution in [3.05, 3.63) is 53.4 Å². The maximum absolute atomic E-state index is 6.36. The van der Waals surface area contributed by atoms with Gasteiger partial charge in [0, 0.05) is 5.39 Å². The Morgan fingerprint density at radius 2 is 1.83 bits per heavy atom. The zero-order valence-corrected chi connectivity index (χ0v) is 14.2. The number of aromatic nitrogens is 1. The summed E-state index contributed by atoms with van der Waals surface area (Å²) in [5.74, 6) is 1.73. The van der Waals surface area contributed by atoms with Gasteiger partial charge in [-0.05, 0) is 55.0 Å². The molecule has 0 fully saturated rings. The van der Waals surface area contributed by atoms with E-state index in [1.807, 2.05) is 6.07 Å². The van der Waals surface area contributed by atoms with Crippen LogP contribution in [0.4, 0.5) is 0 Å².